The van der Waals surface area contributed by atoms with Gasteiger partial charge < -0.3 is 14.6 Å². The highest BCUT2D eigenvalue weighted by atomic mass is 16.5. The summed E-state index contributed by atoms with van der Waals surface area (Å²) in [4.78, 5) is 16.7. The molecule has 25 heavy (non-hydrogen) atoms. The summed E-state index contributed by atoms with van der Waals surface area (Å²) >= 11 is 0. The van der Waals surface area contributed by atoms with Crippen molar-refractivity contribution in [2.24, 2.45) is 0 Å². The van der Waals surface area contributed by atoms with Crippen LogP contribution in [0.2, 0.25) is 0 Å². The Morgan fingerprint density at radius 3 is 2.60 bits per heavy atom. The van der Waals surface area contributed by atoms with Crippen LogP contribution in [-0.4, -0.2) is 32.3 Å². The van der Waals surface area contributed by atoms with E-state index in [2.05, 4.69) is 15.4 Å². The van der Waals surface area contributed by atoms with E-state index in [0.717, 1.165) is 17.1 Å². The van der Waals surface area contributed by atoms with E-state index in [0.29, 0.717) is 11.5 Å². The highest BCUT2D eigenvalue weighted by molar-refractivity contribution is 6.02. The topological polar surface area (TPSA) is 74.0 Å². The average molecular weight is 339 g/mol. The first-order valence-corrected chi connectivity index (χ1v) is 8.04. The molecule has 130 valence electrons. The van der Waals surface area contributed by atoms with E-state index in [4.69, 9.17) is 4.74 Å². The Morgan fingerprint density at radius 2 is 1.96 bits per heavy atom. The number of amides is 1. The van der Waals surface area contributed by atoms with Crippen molar-refractivity contribution >= 4 is 11.7 Å². The number of hydrogen-bond acceptors (Lipinski definition) is 4. The normalized spacial score (nSPS) is 10.9. The van der Waals surface area contributed by atoms with Crippen LogP contribution in [0.4, 0.5) is 5.82 Å². The van der Waals surface area contributed by atoms with Crippen molar-refractivity contribution in [2.75, 3.05) is 12.4 Å². The highest BCUT2D eigenvalue weighted by Crippen LogP contribution is 2.18. The lowest BCUT2D eigenvalue weighted by molar-refractivity contribution is 0.102. The molecule has 7 heteroatoms. The fraction of sp³-hybridized carbons (Fsp3) is 0.278. The highest BCUT2D eigenvalue weighted by Gasteiger charge is 2.15. The third-order valence-electron chi connectivity index (χ3n) is 3.77. The van der Waals surface area contributed by atoms with E-state index < -0.39 is 0 Å². The average Bonchev–Trinajstić information content (AvgIpc) is 3.22. The minimum atomic E-state index is -0.269. The first-order valence-electron chi connectivity index (χ1n) is 8.04. The molecular weight excluding hydrogens is 318 g/mol. The molecule has 2 heterocycles. The van der Waals surface area contributed by atoms with Gasteiger partial charge in [-0.2, -0.15) is 5.10 Å². The summed E-state index contributed by atoms with van der Waals surface area (Å²) in [5.41, 5.74) is 2.09. The molecule has 0 unspecified atom stereocenters. The van der Waals surface area contributed by atoms with Crippen LogP contribution in [0.5, 0.6) is 5.75 Å². The predicted molar refractivity (Wildman–Crippen MR) is 95.4 cm³/mol. The molecule has 0 fully saturated rings. The number of rotatable bonds is 5. The third kappa shape index (κ3) is 3.55. The molecule has 3 rings (SSSR count). The second-order valence-electron chi connectivity index (χ2n) is 6.03. The van der Waals surface area contributed by atoms with Crippen LogP contribution in [0, 0.1) is 6.92 Å². The standard InChI is InChI=1S/C18H21N5O2/c1-12(2)23-17(9-13(3)21-23)20-18(24)16-10-22(11-19-16)14-5-7-15(25-4)8-6-14/h5-12H,1-4H3,(H,20,24). The summed E-state index contributed by atoms with van der Waals surface area (Å²) < 4.78 is 8.73. The van der Waals surface area contributed by atoms with Crippen molar-refractivity contribution in [1.29, 1.82) is 0 Å². The van der Waals surface area contributed by atoms with Crippen molar-refractivity contribution in [2.45, 2.75) is 26.8 Å². The van der Waals surface area contributed by atoms with Gasteiger partial charge in [0, 0.05) is 24.0 Å². The van der Waals surface area contributed by atoms with Gasteiger partial charge in [-0.15, -0.1) is 0 Å². The maximum Gasteiger partial charge on any atom is 0.277 e. The first-order chi connectivity index (χ1) is 12.0. The van der Waals surface area contributed by atoms with Crippen molar-refractivity contribution in [3.63, 3.8) is 0 Å². The number of carbonyl (C=O) groups excluding carboxylic acids is 1. The molecule has 2 aromatic heterocycles. The van der Waals surface area contributed by atoms with Gasteiger partial charge in [-0.1, -0.05) is 0 Å². The van der Waals surface area contributed by atoms with E-state index in [1.165, 1.54) is 0 Å². The van der Waals surface area contributed by atoms with Crippen LogP contribution in [0.3, 0.4) is 0 Å². The lowest BCUT2D eigenvalue weighted by Gasteiger charge is -2.10. The van der Waals surface area contributed by atoms with Gasteiger partial charge in [-0.05, 0) is 45.0 Å². The van der Waals surface area contributed by atoms with Gasteiger partial charge in [0.1, 0.15) is 23.6 Å². The number of carbonyl (C=O) groups is 1. The monoisotopic (exact) mass is 339 g/mol. The molecule has 0 bridgehead atoms. The van der Waals surface area contributed by atoms with Crippen LogP contribution in [0.25, 0.3) is 5.69 Å². The van der Waals surface area contributed by atoms with Gasteiger partial charge in [0.15, 0.2) is 0 Å². The Morgan fingerprint density at radius 1 is 1.24 bits per heavy atom. The number of benzene rings is 1. The quantitative estimate of drug-likeness (QED) is 0.774. The summed E-state index contributed by atoms with van der Waals surface area (Å²) in [5.74, 6) is 1.17. The number of imidazole rings is 1. The molecule has 0 aliphatic heterocycles. The number of aryl methyl sites for hydroxylation is 1. The Kier molecular flexibility index (Phi) is 4.56. The van der Waals surface area contributed by atoms with Crippen LogP contribution >= 0.6 is 0 Å². The smallest absolute Gasteiger partial charge is 0.277 e. The number of nitrogens with zero attached hydrogens (tertiary/aromatic N) is 4. The third-order valence-corrected chi connectivity index (χ3v) is 3.77. The lowest BCUT2D eigenvalue weighted by Crippen LogP contribution is -2.17. The Bertz CT molecular complexity index is 877. The zero-order valence-corrected chi connectivity index (χ0v) is 14.7. The second kappa shape index (κ2) is 6.80. The predicted octanol–water partition coefficient (Wildman–Crippen LogP) is 3.22. The number of anilines is 1. The molecule has 7 nitrogen and oxygen atoms in total. The molecular formula is C18H21N5O2. The number of aromatic nitrogens is 4. The fourth-order valence-corrected chi connectivity index (χ4v) is 2.52. The molecule has 3 aromatic rings. The van der Waals surface area contributed by atoms with Gasteiger partial charge in [0.05, 0.1) is 12.8 Å². The molecule has 0 spiro atoms. The van der Waals surface area contributed by atoms with Gasteiger partial charge in [0.25, 0.3) is 5.91 Å². The van der Waals surface area contributed by atoms with Crippen molar-refractivity contribution in [3.8, 4) is 11.4 Å². The molecule has 0 atom stereocenters. The maximum absolute atomic E-state index is 12.5. The molecule has 1 amide bonds. The maximum atomic E-state index is 12.5. The summed E-state index contributed by atoms with van der Waals surface area (Å²) in [6, 6.07) is 9.52. The Balaban J connectivity index is 1.78. The molecule has 1 aromatic carbocycles. The Labute approximate surface area is 146 Å². The van der Waals surface area contributed by atoms with Crippen LogP contribution < -0.4 is 10.1 Å². The lowest BCUT2D eigenvalue weighted by atomic mass is 10.3. The van der Waals surface area contributed by atoms with Crippen LogP contribution in [-0.2, 0) is 0 Å². The van der Waals surface area contributed by atoms with E-state index in [1.54, 1.807) is 28.9 Å². The molecule has 1 N–H and O–H groups in total. The zero-order chi connectivity index (χ0) is 18.0. The number of hydrogen-bond donors (Lipinski definition) is 1. The molecule has 0 radical (unpaired) electrons. The minimum Gasteiger partial charge on any atom is -0.497 e. The molecule has 0 aliphatic carbocycles. The van der Waals surface area contributed by atoms with Gasteiger partial charge >= 0.3 is 0 Å². The number of methoxy groups -OCH3 is 1. The van der Waals surface area contributed by atoms with Gasteiger partial charge in [0.2, 0.25) is 0 Å². The summed E-state index contributed by atoms with van der Waals surface area (Å²) in [6.45, 7) is 5.92. The number of ether oxygens (including phenoxy) is 1. The SMILES string of the molecule is COc1ccc(-n2cnc(C(=O)Nc3cc(C)nn3C(C)C)c2)cc1. The minimum absolute atomic E-state index is 0.154. The number of nitrogens with one attached hydrogen (secondary N) is 1. The van der Waals surface area contributed by atoms with Gasteiger partial charge in [-0.3, -0.25) is 4.79 Å². The summed E-state index contributed by atoms with van der Waals surface area (Å²) in [6.07, 6.45) is 3.31. The van der Waals surface area contributed by atoms with Crippen molar-refractivity contribution in [1.82, 2.24) is 19.3 Å². The van der Waals surface area contributed by atoms with Crippen molar-refractivity contribution < 1.29 is 9.53 Å². The second-order valence-corrected chi connectivity index (χ2v) is 6.03. The summed E-state index contributed by atoms with van der Waals surface area (Å²) in [5, 5.41) is 7.27. The zero-order valence-electron chi connectivity index (χ0n) is 14.7. The Hall–Kier alpha value is -3.09. The summed E-state index contributed by atoms with van der Waals surface area (Å²) in [7, 11) is 1.62. The van der Waals surface area contributed by atoms with Gasteiger partial charge in [-0.25, -0.2) is 9.67 Å². The largest absolute Gasteiger partial charge is 0.497 e. The fourth-order valence-electron chi connectivity index (χ4n) is 2.52. The molecule has 0 saturated heterocycles. The van der Waals surface area contributed by atoms with Crippen molar-refractivity contribution in [3.05, 3.63) is 54.2 Å². The van der Waals surface area contributed by atoms with E-state index in [-0.39, 0.29) is 11.9 Å². The van der Waals surface area contributed by atoms with Crippen LogP contribution in [0.15, 0.2) is 42.9 Å². The molecule has 0 aliphatic rings. The molecule has 0 saturated carbocycles. The van der Waals surface area contributed by atoms with E-state index in [1.807, 2.05) is 51.1 Å². The van der Waals surface area contributed by atoms with E-state index in [9.17, 15) is 4.79 Å². The van der Waals surface area contributed by atoms with E-state index >= 15 is 0 Å². The van der Waals surface area contributed by atoms with Crippen LogP contribution in [0.1, 0.15) is 36.1 Å². The first kappa shape index (κ1) is 16.8.